The molecule has 1 atom stereocenters. The standard InChI is InChI=1S/C30H35N5O2/c1-4-21-9-10-31-26-13-20(18-36-3)5-7-25(26)29(21)35-11-12-37-28-8-6-22(14-24(28)17-35)23-15-27-30(32-16-23)34-19(2)33-27/h6,8,10,14-16,20H,4-5,7,9,11-13,17-18H2,1-3H3,(H,32,33,34). The van der Waals surface area contributed by atoms with Gasteiger partial charge in [-0.1, -0.05) is 13.0 Å². The lowest BCUT2D eigenvalue weighted by molar-refractivity contribution is 0.144. The van der Waals surface area contributed by atoms with Crippen molar-refractivity contribution in [2.24, 2.45) is 10.9 Å². The van der Waals surface area contributed by atoms with Crippen LogP contribution in [0.5, 0.6) is 5.75 Å². The van der Waals surface area contributed by atoms with Gasteiger partial charge in [-0.2, -0.15) is 0 Å². The number of fused-ring (bicyclic) bond motifs is 2. The van der Waals surface area contributed by atoms with E-state index in [-0.39, 0.29) is 0 Å². The first-order valence-electron chi connectivity index (χ1n) is 13.4. The summed E-state index contributed by atoms with van der Waals surface area (Å²) < 4.78 is 11.7. The van der Waals surface area contributed by atoms with E-state index in [9.17, 15) is 0 Å². The highest BCUT2D eigenvalue weighted by Gasteiger charge is 2.29. The summed E-state index contributed by atoms with van der Waals surface area (Å²) in [5, 5.41) is 0. The number of aromatic nitrogens is 3. The lowest BCUT2D eigenvalue weighted by Gasteiger charge is -2.33. The number of pyridine rings is 1. The fourth-order valence-electron chi connectivity index (χ4n) is 6.00. The maximum atomic E-state index is 6.26. The van der Waals surface area contributed by atoms with Crippen LogP contribution in [0.4, 0.5) is 0 Å². The predicted molar refractivity (Wildman–Crippen MR) is 147 cm³/mol. The van der Waals surface area contributed by atoms with Gasteiger partial charge in [0.05, 0.1) is 12.1 Å². The minimum Gasteiger partial charge on any atom is -0.491 e. The van der Waals surface area contributed by atoms with Crippen LogP contribution in [-0.4, -0.2) is 52.9 Å². The van der Waals surface area contributed by atoms with E-state index in [2.05, 4.69) is 57.3 Å². The van der Waals surface area contributed by atoms with E-state index in [0.717, 1.165) is 85.7 Å². The van der Waals surface area contributed by atoms with E-state index >= 15 is 0 Å². The van der Waals surface area contributed by atoms with Gasteiger partial charge in [0.1, 0.15) is 18.2 Å². The van der Waals surface area contributed by atoms with E-state index in [0.29, 0.717) is 12.5 Å². The van der Waals surface area contributed by atoms with E-state index < -0.39 is 0 Å². The Morgan fingerprint density at radius 3 is 3.00 bits per heavy atom. The van der Waals surface area contributed by atoms with Gasteiger partial charge < -0.3 is 19.4 Å². The van der Waals surface area contributed by atoms with Crippen LogP contribution in [0.2, 0.25) is 0 Å². The highest BCUT2D eigenvalue weighted by Crippen LogP contribution is 2.41. The third-order valence-electron chi connectivity index (χ3n) is 7.81. The first-order valence-corrected chi connectivity index (χ1v) is 13.4. The van der Waals surface area contributed by atoms with Crippen LogP contribution < -0.4 is 4.74 Å². The minimum absolute atomic E-state index is 0.547. The first kappa shape index (κ1) is 23.9. The molecule has 1 unspecified atom stereocenters. The van der Waals surface area contributed by atoms with Crippen molar-refractivity contribution in [1.82, 2.24) is 19.9 Å². The Labute approximate surface area is 218 Å². The summed E-state index contributed by atoms with van der Waals surface area (Å²) >= 11 is 0. The maximum Gasteiger partial charge on any atom is 0.177 e. The van der Waals surface area contributed by atoms with Crippen LogP contribution in [0.15, 0.2) is 58.0 Å². The molecule has 1 N–H and O–H groups in total. The lowest BCUT2D eigenvalue weighted by atomic mass is 9.84. The summed E-state index contributed by atoms with van der Waals surface area (Å²) in [6.45, 7) is 7.38. The van der Waals surface area contributed by atoms with Crippen molar-refractivity contribution in [3.05, 3.63) is 64.4 Å². The van der Waals surface area contributed by atoms with Crippen molar-refractivity contribution in [1.29, 1.82) is 0 Å². The number of hydrogen-bond donors (Lipinski definition) is 1. The molecule has 0 radical (unpaired) electrons. The number of aliphatic imine (C=N–C) groups is 1. The molecule has 7 nitrogen and oxygen atoms in total. The van der Waals surface area contributed by atoms with Crippen molar-refractivity contribution < 1.29 is 9.47 Å². The fraction of sp³-hybridized carbons (Fsp3) is 0.433. The summed E-state index contributed by atoms with van der Waals surface area (Å²) in [6, 6.07) is 8.65. The Morgan fingerprint density at radius 1 is 1.22 bits per heavy atom. The molecule has 37 heavy (non-hydrogen) atoms. The maximum absolute atomic E-state index is 6.26. The van der Waals surface area contributed by atoms with Crippen molar-refractivity contribution in [2.45, 2.75) is 52.5 Å². The average Bonchev–Trinajstić information content (AvgIpc) is 3.05. The summed E-state index contributed by atoms with van der Waals surface area (Å²) in [7, 11) is 1.80. The van der Waals surface area contributed by atoms with Crippen LogP contribution in [0, 0.1) is 12.8 Å². The van der Waals surface area contributed by atoms with Gasteiger partial charge >= 0.3 is 0 Å². The van der Waals surface area contributed by atoms with Gasteiger partial charge in [0, 0.05) is 61.6 Å². The average molecular weight is 498 g/mol. The zero-order valence-electron chi connectivity index (χ0n) is 22.0. The number of nitrogens with zero attached hydrogens (tertiary/aromatic N) is 4. The molecule has 0 spiro atoms. The third kappa shape index (κ3) is 4.68. The number of aryl methyl sites for hydroxylation is 1. The van der Waals surface area contributed by atoms with Crippen LogP contribution >= 0.6 is 0 Å². The fourth-order valence-corrected chi connectivity index (χ4v) is 6.00. The molecule has 2 aliphatic heterocycles. The number of benzene rings is 1. The third-order valence-corrected chi connectivity index (χ3v) is 7.81. The monoisotopic (exact) mass is 497 g/mol. The second-order valence-corrected chi connectivity index (χ2v) is 10.3. The molecule has 0 bridgehead atoms. The second-order valence-electron chi connectivity index (χ2n) is 10.3. The first-order chi connectivity index (χ1) is 18.1. The number of hydrogen-bond acceptors (Lipinski definition) is 6. The number of imidazole rings is 1. The number of ether oxygens (including phenoxy) is 2. The summed E-state index contributed by atoms with van der Waals surface area (Å²) in [6.07, 6.45) is 9.17. The van der Waals surface area contributed by atoms with E-state index in [4.69, 9.17) is 14.5 Å². The molecule has 4 heterocycles. The molecule has 3 aromatic rings. The lowest BCUT2D eigenvalue weighted by Crippen LogP contribution is -2.29. The van der Waals surface area contributed by atoms with Gasteiger partial charge in [-0.3, -0.25) is 4.99 Å². The SMILES string of the molecule is CCC1=C(N2CCOc3ccc(-c4cnc5nc(C)[nH]c5c4)cc3C2)C2=C(CC(COC)CC2)N=CC1. The zero-order valence-corrected chi connectivity index (χ0v) is 22.0. The van der Waals surface area contributed by atoms with Crippen molar-refractivity contribution in [3.63, 3.8) is 0 Å². The summed E-state index contributed by atoms with van der Waals surface area (Å²) in [4.78, 5) is 19.8. The number of methoxy groups -OCH3 is 1. The molecule has 192 valence electrons. The summed E-state index contributed by atoms with van der Waals surface area (Å²) in [5.74, 6) is 2.40. The Hall–Kier alpha value is -3.45. The number of H-pyrrole nitrogens is 1. The highest BCUT2D eigenvalue weighted by atomic mass is 16.5. The quantitative estimate of drug-likeness (QED) is 0.470. The molecule has 0 amide bonds. The molecule has 6 rings (SSSR count). The van der Waals surface area contributed by atoms with E-state index in [1.807, 2.05) is 13.1 Å². The Kier molecular flexibility index (Phi) is 6.55. The molecular weight excluding hydrogens is 462 g/mol. The molecule has 3 aliphatic rings. The number of allylic oxidation sites excluding steroid dienone is 3. The van der Waals surface area contributed by atoms with Crippen LogP contribution in [0.3, 0.4) is 0 Å². The summed E-state index contributed by atoms with van der Waals surface area (Å²) in [5.41, 5.74) is 10.7. The molecule has 1 aliphatic carbocycles. The molecular formula is C30H35N5O2. The van der Waals surface area contributed by atoms with Crippen LogP contribution in [-0.2, 0) is 11.3 Å². The molecule has 2 aromatic heterocycles. The highest BCUT2D eigenvalue weighted by molar-refractivity contribution is 5.78. The molecule has 7 heteroatoms. The largest absolute Gasteiger partial charge is 0.491 e. The zero-order chi connectivity index (χ0) is 25.4. The minimum atomic E-state index is 0.547. The van der Waals surface area contributed by atoms with E-state index in [1.54, 1.807) is 7.11 Å². The topological polar surface area (TPSA) is 75.6 Å². The van der Waals surface area contributed by atoms with Gasteiger partial charge in [0.15, 0.2) is 5.65 Å². The normalized spacial score (nSPS) is 20.0. The van der Waals surface area contributed by atoms with Gasteiger partial charge in [0.2, 0.25) is 0 Å². The van der Waals surface area contributed by atoms with Crippen LogP contribution in [0.25, 0.3) is 22.3 Å². The Balaban J connectivity index is 1.35. The van der Waals surface area contributed by atoms with Gasteiger partial charge in [-0.25, -0.2) is 9.97 Å². The van der Waals surface area contributed by atoms with Crippen molar-refractivity contribution >= 4 is 17.4 Å². The van der Waals surface area contributed by atoms with Crippen LogP contribution in [0.1, 0.15) is 50.4 Å². The second kappa shape index (κ2) is 10.1. The number of nitrogens with one attached hydrogen (secondary N) is 1. The number of rotatable bonds is 5. The predicted octanol–water partition coefficient (Wildman–Crippen LogP) is 5.97. The molecule has 0 saturated carbocycles. The number of aromatic amines is 1. The van der Waals surface area contributed by atoms with Gasteiger partial charge in [-0.05, 0) is 73.4 Å². The van der Waals surface area contributed by atoms with Gasteiger partial charge in [0.25, 0.3) is 0 Å². The van der Waals surface area contributed by atoms with Crippen molar-refractivity contribution in [3.8, 4) is 16.9 Å². The molecule has 1 aromatic carbocycles. The molecule has 0 fully saturated rings. The molecule has 0 saturated heterocycles. The van der Waals surface area contributed by atoms with E-state index in [1.165, 1.54) is 28.1 Å². The van der Waals surface area contributed by atoms with Crippen molar-refractivity contribution in [2.75, 3.05) is 26.9 Å². The smallest absolute Gasteiger partial charge is 0.177 e. The Morgan fingerprint density at radius 2 is 2.14 bits per heavy atom. The van der Waals surface area contributed by atoms with Gasteiger partial charge in [-0.15, -0.1) is 0 Å². The Bertz CT molecular complexity index is 1420.